The summed E-state index contributed by atoms with van der Waals surface area (Å²) in [5.41, 5.74) is 0. The van der Waals surface area contributed by atoms with Crippen LogP contribution in [0, 0.1) is 0 Å². The van der Waals surface area contributed by atoms with Crippen LogP contribution in [0.4, 0.5) is 0 Å². The molecule has 1 unspecified atom stereocenters. The Kier molecular flexibility index (Phi) is 8.88. The SMILES string of the molecule is CC.CNCCOC1CCOC1. The predicted octanol–water partition coefficient (Wildman–Crippen LogP) is 1.04. The van der Waals surface area contributed by atoms with Crippen LogP contribution in [0.5, 0.6) is 0 Å². The van der Waals surface area contributed by atoms with Crippen LogP contribution in [0.3, 0.4) is 0 Å². The van der Waals surface area contributed by atoms with E-state index in [1.54, 1.807) is 0 Å². The van der Waals surface area contributed by atoms with E-state index in [9.17, 15) is 0 Å². The van der Waals surface area contributed by atoms with Crippen LogP contribution in [0.2, 0.25) is 0 Å². The van der Waals surface area contributed by atoms with E-state index in [1.165, 1.54) is 0 Å². The van der Waals surface area contributed by atoms with Crippen molar-refractivity contribution in [3.05, 3.63) is 0 Å². The topological polar surface area (TPSA) is 30.5 Å². The fourth-order valence-electron chi connectivity index (χ4n) is 0.972. The van der Waals surface area contributed by atoms with E-state index in [2.05, 4.69) is 5.32 Å². The molecule has 1 aliphatic heterocycles. The van der Waals surface area contributed by atoms with Gasteiger partial charge in [0.25, 0.3) is 0 Å². The first kappa shape index (κ1) is 11.9. The van der Waals surface area contributed by atoms with E-state index in [0.29, 0.717) is 6.10 Å². The first-order chi connectivity index (χ1) is 5.93. The van der Waals surface area contributed by atoms with E-state index in [0.717, 1.165) is 32.8 Å². The Morgan fingerprint density at radius 2 is 2.25 bits per heavy atom. The molecule has 1 fully saturated rings. The van der Waals surface area contributed by atoms with Crippen molar-refractivity contribution in [1.29, 1.82) is 0 Å². The number of nitrogens with one attached hydrogen (secondary N) is 1. The molecule has 3 nitrogen and oxygen atoms in total. The third-order valence-electron chi connectivity index (χ3n) is 1.59. The maximum atomic E-state index is 5.46. The smallest absolute Gasteiger partial charge is 0.0831 e. The zero-order valence-electron chi connectivity index (χ0n) is 8.43. The Labute approximate surface area is 75.4 Å². The van der Waals surface area contributed by atoms with E-state index >= 15 is 0 Å². The average Bonchev–Trinajstić information content (AvgIpc) is 2.61. The summed E-state index contributed by atoms with van der Waals surface area (Å²) < 4.78 is 10.6. The molecule has 3 heteroatoms. The normalized spacial score (nSPS) is 21.8. The van der Waals surface area contributed by atoms with Gasteiger partial charge < -0.3 is 14.8 Å². The fourth-order valence-corrected chi connectivity index (χ4v) is 0.972. The summed E-state index contributed by atoms with van der Waals surface area (Å²) in [6.07, 6.45) is 1.41. The Bertz CT molecular complexity index is 82.6. The van der Waals surface area contributed by atoms with Crippen molar-refractivity contribution in [2.75, 3.05) is 33.4 Å². The van der Waals surface area contributed by atoms with Crippen molar-refractivity contribution < 1.29 is 9.47 Å². The second-order valence-corrected chi connectivity index (χ2v) is 2.46. The molecule has 1 heterocycles. The van der Waals surface area contributed by atoms with Crippen LogP contribution in [-0.4, -0.2) is 39.5 Å². The standard InChI is InChI=1S/C7H15NO2.C2H6/c1-8-3-5-10-7-2-4-9-6-7;1-2/h7-8H,2-6H2,1H3;1-2H3. The van der Waals surface area contributed by atoms with Gasteiger partial charge in [0.15, 0.2) is 0 Å². The van der Waals surface area contributed by atoms with E-state index < -0.39 is 0 Å². The van der Waals surface area contributed by atoms with Crippen LogP contribution in [0.1, 0.15) is 20.3 Å². The quantitative estimate of drug-likeness (QED) is 0.648. The van der Waals surface area contributed by atoms with Crippen LogP contribution in [0.25, 0.3) is 0 Å². The molecule has 12 heavy (non-hydrogen) atoms. The van der Waals surface area contributed by atoms with Gasteiger partial charge in [-0.1, -0.05) is 13.8 Å². The molecule has 1 N–H and O–H groups in total. The summed E-state index contributed by atoms with van der Waals surface area (Å²) in [4.78, 5) is 0. The molecule has 0 aromatic rings. The molecular formula is C9H21NO2. The van der Waals surface area contributed by atoms with Crippen molar-refractivity contribution in [3.8, 4) is 0 Å². The Morgan fingerprint density at radius 3 is 2.75 bits per heavy atom. The van der Waals surface area contributed by atoms with Gasteiger partial charge in [0.2, 0.25) is 0 Å². The van der Waals surface area contributed by atoms with Crippen LogP contribution in [-0.2, 0) is 9.47 Å². The van der Waals surface area contributed by atoms with Gasteiger partial charge in [-0.05, 0) is 13.5 Å². The van der Waals surface area contributed by atoms with Gasteiger partial charge >= 0.3 is 0 Å². The van der Waals surface area contributed by atoms with Crippen molar-refractivity contribution in [2.24, 2.45) is 0 Å². The van der Waals surface area contributed by atoms with Crippen molar-refractivity contribution in [2.45, 2.75) is 26.4 Å². The Balaban J connectivity index is 0.000000561. The molecule has 1 saturated heterocycles. The lowest BCUT2D eigenvalue weighted by Gasteiger charge is -2.08. The molecule has 1 atom stereocenters. The molecule has 0 aromatic heterocycles. The lowest BCUT2D eigenvalue weighted by atomic mass is 10.3. The highest BCUT2D eigenvalue weighted by molar-refractivity contribution is 4.62. The first-order valence-corrected chi connectivity index (χ1v) is 4.77. The molecule has 1 rings (SSSR count). The Hall–Kier alpha value is -0.120. The molecule has 0 aromatic carbocycles. The summed E-state index contributed by atoms with van der Waals surface area (Å²) in [5.74, 6) is 0. The third kappa shape index (κ3) is 5.52. The number of likely N-dealkylation sites (N-methyl/N-ethyl adjacent to an activating group) is 1. The van der Waals surface area contributed by atoms with E-state index in [1.807, 2.05) is 20.9 Å². The summed E-state index contributed by atoms with van der Waals surface area (Å²) in [6.45, 7) is 7.37. The van der Waals surface area contributed by atoms with Gasteiger partial charge in [0, 0.05) is 13.2 Å². The molecule has 0 bridgehead atoms. The summed E-state index contributed by atoms with van der Waals surface area (Å²) in [5, 5.41) is 3.03. The van der Waals surface area contributed by atoms with Gasteiger partial charge in [0.05, 0.1) is 19.3 Å². The van der Waals surface area contributed by atoms with Crippen LogP contribution >= 0.6 is 0 Å². The third-order valence-corrected chi connectivity index (χ3v) is 1.59. The number of ether oxygens (including phenoxy) is 2. The zero-order valence-corrected chi connectivity index (χ0v) is 8.43. The summed E-state index contributed by atoms with van der Waals surface area (Å²) in [6, 6.07) is 0. The zero-order chi connectivity index (χ0) is 9.23. The van der Waals surface area contributed by atoms with Crippen molar-refractivity contribution >= 4 is 0 Å². The van der Waals surface area contributed by atoms with Crippen LogP contribution < -0.4 is 5.32 Å². The second kappa shape index (κ2) is 8.97. The van der Waals surface area contributed by atoms with Crippen LogP contribution in [0.15, 0.2) is 0 Å². The molecule has 0 amide bonds. The highest BCUT2D eigenvalue weighted by Gasteiger charge is 2.14. The molecule has 0 aliphatic carbocycles. The molecule has 0 radical (unpaired) electrons. The van der Waals surface area contributed by atoms with Crippen molar-refractivity contribution in [1.82, 2.24) is 5.32 Å². The largest absolute Gasteiger partial charge is 0.379 e. The average molecular weight is 175 g/mol. The first-order valence-electron chi connectivity index (χ1n) is 4.77. The highest BCUT2D eigenvalue weighted by Crippen LogP contribution is 2.06. The monoisotopic (exact) mass is 175 g/mol. The van der Waals surface area contributed by atoms with Crippen molar-refractivity contribution in [3.63, 3.8) is 0 Å². The summed E-state index contributed by atoms with van der Waals surface area (Å²) >= 11 is 0. The summed E-state index contributed by atoms with van der Waals surface area (Å²) in [7, 11) is 1.93. The minimum atomic E-state index is 0.355. The number of rotatable bonds is 4. The molecule has 1 aliphatic rings. The lowest BCUT2D eigenvalue weighted by molar-refractivity contribution is 0.0452. The van der Waals surface area contributed by atoms with Gasteiger partial charge in [0.1, 0.15) is 0 Å². The molecule has 74 valence electrons. The van der Waals surface area contributed by atoms with E-state index in [-0.39, 0.29) is 0 Å². The van der Waals surface area contributed by atoms with Gasteiger partial charge in [-0.15, -0.1) is 0 Å². The molecular weight excluding hydrogens is 154 g/mol. The maximum absolute atomic E-state index is 5.46. The second-order valence-electron chi connectivity index (χ2n) is 2.46. The lowest BCUT2D eigenvalue weighted by Crippen LogP contribution is -2.20. The minimum absolute atomic E-state index is 0.355. The predicted molar refractivity (Wildman–Crippen MR) is 50.5 cm³/mol. The fraction of sp³-hybridized carbons (Fsp3) is 1.00. The maximum Gasteiger partial charge on any atom is 0.0831 e. The Morgan fingerprint density at radius 1 is 1.50 bits per heavy atom. The highest BCUT2D eigenvalue weighted by atomic mass is 16.5. The van der Waals surface area contributed by atoms with Gasteiger partial charge in [-0.2, -0.15) is 0 Å². The van der Waals surface area contributed by atoms with Gasteiger partial charge in [-0.25, -0.2) is 0 Å². The minimum Gasteiger partial charge on any atom is -0.379 e. The molecule has 0 saturated carbocycles. The van der Waals surface area contributed by atoms with Gasteiger partial charge in [-0.3, -0.25) is 0 Å². The molecule has 0 spiro atoms. The number of hydrogen-bond donors (Lipinski definition) is 1. The number of hydrogen-bond acceptors (Lipinski definition) is 3. The van der Waals surface area contributed by atoms with E-state index in [4.69, 9.17) is 9.47 Å².